The Morgan fingerprint density at radius 1 is 0.605 bits per heavy atom. The van der Waals surface area contributed by atoms with Crippen LogP contribution in [0.25, 0.3) is 60.1 Å². The molecule has 0 radical (unpaired) electrons. The van der Waals surface area contributed by atoms with Gasteiger partial charge in [-0.1, -0.05) is 102 Å². The molecule has 0 saturated carbocycles. The molecule has 3 heteroatoms. The first-order chi connectivity index (χ1) is 18.5. The van der Waals surface area contributed by atoms with Gasteiger partial charge in [-0.05, 0) is 53.4 Å². The molecule has 0 amide bonds. The zero-order valence-corrected chi connectivity index (χ0v) is 22.1. The Balaban J connectivity index is 1.57. The molecule has 6 aromatic rings. The second kappa shape index (κ2) is 8.56. The molecule has 0 spiro atoms. The summed E-state index contributed by atoms with van der Waals surface area (Å²) in [4.78, 5) is 5.30. The van der Waals surface area contributed by atoms with Crippen molar-refractivity contribution in [3.63, 3.8) is 0 Å². The zero-order chi connectivity index (χ0) is 25.9. The quantitative estimate of drug-likeness (QED) is 0.104. The summed E-state index contributed by atoms with van der Waals surface area (Å²) in [5, 5.41) is 7.66. The van der Waals surface area contributed by atoms with E-state index in [4.69, 9.17) is 4.98 Å². The number of nitrogens with zero attached hydrogens (tertiary/aromatic N) is 1. The largest absolute Gasteiger partial charge is 0.319 e. The monoisotopic (exact) mass is 505 g/mol. The molecule has 0 unspecified atom stereocenters. The highest BCUT2D eigenvalue weighted by Crippen LogP contribution is 2.47. The molecule has 0 fully saturated rings. The van der Waals surface area contributed by atoms with Crippen molar-refractivity contribution in [1.82, 2.24) is 4.98 Å². The summed E-state index contributed by atoms with van der Waals surface area (Å²) in [7, 11) is -2.38. The topological polar surface area (TPSA) is 30.0 Å². The van der Waals surface area contributed by atoms with Crippen LogP contribution in [0.1, 0.15) is 5.56 Å². The van der Waals surface area contributed by atoms with Crippen LogP contribution >= 0.6 is 7.14 Å². The highest BCUT2D eigenvalue weighted by atomic mass is 31.2. The van der Waals surface area contributed by atoms with Crippen LogP contribution in [0.15, 0.2) is 126 Å². The van der Waals surface area contributed by atoms with Crippen LogP contribution in [0, 0.1) is 0 Å². The van der Waals surface area contributed by atoms with Crippen molar-refractivity contribution in [2.75, 3.05) is 13.3 Å². The first kappa shape index (κ1) is 22.7. The average molecular weight is 506 g/mol. The Bertz CT molecular complexity index is 2060. The average Bonchev–Trinajstić information content (AvgIpc) is 2.95. The van der Waals surface area contributed by atoms with Crippen molar-refractivity contribution in [1.29, 1.82) is 0 Å². The normalized spacial score (nSPS) is 13.4. The maximum absolute atomic E-state index is 12.5. The summed E-state index contributed by atoms with van der Waals surface area (Å²) in [6.07, 6.45) is 3.91. The summed E-state index contributed by atoms with van der Waals surface area (Å²) in [5.74, 6) is 0. The maximum Gasteiger partial charge on any atom is 0.117 e. The molecule has 2 nitrogen and oxygen atoms in total. The fraction of sp³-hybridized carbons (Fsp3) is 0.0571. The van der Waals surface area contributed by atoms with Gasteiger partial charge in [0, 0.05) is 32.7 Å². The third-order valence-corrected chi connectivity index (χ3v) is 8.76. The van der Waals surface area contributed by atoms with Gasteiger partial charge in [-0.15, -0.1) is 0 Å². The Hall–Kier alpha value is -4.44. The smallest absolute Gasteiger partial charge is 0.117 e. The Morgan fingerprint density at radius 2 is 1.21 bits per heavy atom. The molecule has 0 atom stereocenters. The predicted octanol–water partition coefficient (Wildman–Crippen LogP) is 9.58. The molecule has 0 bridgehead atoms. The van der Waals surface area contributed by atoms with Gasteiger partial charge in [0.05, 0.1) is 16.3 Å². The van der Waals surface area contributed by atoms with Crippen LogP contribution in [0.2, 0.25) is 0 Å². The Labute approximate surface area is 221 Å². The van der Waals surface area contributed by atoms with E-state index >= 15 is 0 Å². The minimum absolute atomic E-state index is 0.724. The second-order valence-electron chi connectivity index (χ2n) is 10.2. The number of hydrogen-bond acceptors (Lipinski definition) is 2. The van der Waals surface area contributed by atoms with Crippen molar-refractivity contribution in [2.45, 2.75) is 0 Å². The van der Waals surface area contributed by atoms with Crippen molar-refractivity contribution in [2.24, 2.45) is 0 Å². The first-order valence-corrected chi connectivity index (χ1v) is 15.3. The van der Waals surface area contributed by atoms with Crippen molar-refractivity contribution in [3.8, 4) is 11.1 Å². The molecule has 7 rings (SSSR count). The summed E-state index contributed by atoms with van der Waals surface area (Å²) in [6.45, 7) is 3.53. The Kier molecular flexibility index (Phi) is 5.12. The van der Waals surface area contributed by atoms with Crippen LogP contribution in [0.3, 0.4) is 0 Å². The molecule has 1 heterocycles. The molecule has 1 aliphatic rings. The van der Waals surface area contributed by atoms with Gasteiger partial charge >= 0.3 is 0 Å². The first-order valence-electron chi connectivity index (χ1n) is 12.7. The van der Waals surface area contributed by atoms with Gasteiger partial charge < -0.3 is 4.57 Å². The highest BCUT2D eigenvalue weighted by Gasteiger charge is 2.17. The van der Waals surface area contributed by atoms with E-state index in [1.54, 1.807) is 13.3 Å². The van der Waals surface area contributed by atoms with Gasteiger partial charge in [0.1, 0.15) is 7.14 Å². The van der Waals surface area contributed by atoms with Gasteiger partial charge in [0.2, 0.25) is 0 Å². The third-order valence-electron chi connectivity index (χ3n) is 7.34. The molecule has 5 aromatic carbocycles. The molecule has 38 heavy (non-hydrogen) atoms. The number of benzene rings is 5. The lowest BCUT2D eigenvalue weighted by molar-refractivity contribution is 0.587. The molecule has 0 saturated heterocycles. The van der Waals surface area contributed by atoms with E-state index in [0.717, 1.165) is 54.6 Å². The number of rotatable bonds is 3. The van der Waals surface area contributed by atoms with Gasteiger partial charge in [-0.2, -0.15) is 0 Å². The van der Waals surface area contributed by atoms with E-state index in [2.05, 4.69) is 109 Å². The summed E-state index contributed by atoms with van der Waals surface area (Å²) in [5.41, 5.74) is 12.7. The Morgan fingerprint density at radius 3 is 1.79 bits per heavy atom. The second-order valence-corrected chi connectivity index (χ2v) is 13.3. The standard InChI is InChI=1S/C35H24NOP/c1-38(2,37)28-18-14-23(15-19-28)26-10-7-11-27(22-26)33-31-20-16-24-8-3-5-12-29(24)34(31)36-35-30-13-6-4-9-25(30)17-21-32(33)35/h3-14,16-18,20-22H,1-2H3. The number of aromatic nitrogens is 1. The molecule has 1 aromatic heterocycles. The van der Waals surface area contributed by atoms with Gasteiger partial charge in [-0.3, -0.25) is 0 Å². The predicted molar refractivity (Wildman–Crippen MR) is 162 cm³/mol. The lowest BCUT2D eigenvalue weighted by atomic mass is 9.91. The minimum atomic E-state index is -2.38. The number of pyridine rings is 1. The van der Waals surface area contributed by atoms with Crippen LogP contribution < -0.4 is 0 Å². The van der Waals surface area contributed by atoms with Crippen molar-refractivity contribution >= 4 is 56.1 Å². The maximum atomic E-state index is 12.5. The van der Waals surface area contributed by atoms with Crippen LogP contribution in [0.4, 0.5) is 0 Å². The molecule has 180 valence electrons. The third kappa shape index (κ3) is 3.67. The van der Waals surface area contributed by atoms with Crippen LogP contribution in [-0.2, 0) is 4.57 Å². The van der Waals surface area contributed by atoms with Gasteiger partial charge in [0.15, 0.2) is 0 Å². The molecule has 0 N–H and O–H groups in total. The number of fused-ring (bicyclic) bond motifs is 6. The van der Waals surface area contributed by atoms with Crippen LogP contribution in [-0.4, -0.2) is 18.3 Å². The molecular formula is C35H24NOP. The number of hydrogen-bond donors (Lipinski definition) is 0. The van der Waals surface area contributed by atoms with Crippen molar-refractivity contribution < 1.29 is 4.57 Å². The fourth-order valence-corrected chi connectivity index (χ4v) is 6.18. The van der Waals surface area contributed by atoms with E-state index in [0.29, 0.717) is 0 Å². The van der Waals surface area contributed by atoms with Gasteiger partial charge in [-0.25, -0.2) is 4.98 Å². The fourth-order valence-electron chi connectivity index (χ4n) is 5.42. The van der Waals surface area contributed by atoms with E-state index < -0.39 is 7.14 Å². The van der Waals surface area contributed by atoms with Crippen molar-refractivity contribution in [3.05, 3.63) is 132 Å². The molecule has 1 aliphatic carbocycles. The van der Waals surface area contributed by atoms with E-state index in [1.807, 2.05) is 12.2 Å². The number of allylic oxidation sites excluding steroid dienone is 4. The summed E-state index contributed by atoms with van der Waals surface area (Å²) < 4.78 is 12.5. The summed E-state index contributed by atoms with van der Waals surface area (Å²) >= 11 is 0. The molecular weight excluding hydrogens is 481 g/mol. The highest BCUT2D eigenvalue weighted by molar-refractivity contribution is 7.66. The van der Waals surface area contributed by atoms with E-state index in [9.17, 15) is 4.57 Å². The molecule has 0 aliphatic heterocycles. The lowest BCUT2D eigenvalue weighted by Crippen LogP contribution is -1.93. The lowest BCUT2D eigenvalue weighted by Gasteiger charge is -2.15. The van der Waals surface area contributed by atoms with E-state index in [1.165, 1.54) is 16.3 Å². The van der Waals surface area contributed by atoms with Crippen LogP contribution in [0.5, 0.6) is 0 Å². The van der Waals surface area contributed by atoms with E-state index in [-0.39, 0.29) is 0 Å². The zero-order valence-electron chi connectivity index (χ0n) is 21.2. The summed E-state index contributed by atoms with van der Waals surface area (Å²) in [6, 6.07) is 34.3. The SMILES string of the molecule is CP(C)(=O)C1=C=C=C(c2cccc(-c3c4ccc5ccccc5c4nc4c3ccc3ccccc34)c2)C=C1. The van der Waals surface area contributed by atoms with Gasteiger partial charge in [0.25, 0.3) is 0 Å². The minimum Gasteiger partial charge on any atom is -0.319 e.